The van der Waals surface area contributed by atoms with Gasteiger partial charge in [0.2, 0.25) is 5.91 Å². The lowest BCUT2D eigenvalue weighted by Gasteiger charge is -2.33. The van der Waals surface area contributed by atoms with Crippen molar-refractivity contribution in [3.8, 4) is 0 Å². The SMILES string of the molecule is CC(O)C1CCN(C(=O)C2CCC(C)C(N)C2)C1. The second kappa shape index (κ2) is 5.57. The van der Waals surface area contributed by atoms with E-state index in [-0.39, 0.29) is 29.9 Å². The molecule has 2 fully saturated rings. The van der Waals surface area contributed by atoms with Crippen LogP contribution in [0.1, 0.15) is 39.5 Å². The van der Waals surface area contributed by atoms with Crippen LogP contribution in [0.15, 0.2) is 0 Å². The fourth-order valence-corrected chi connectivity index (χ4v) is 3.22. The van der Waals surface area contributed by atoms with E-state index in [1.165, 1.54) is 0 Å². The Morgan fingerprint density at radius 2 is 2.11 bits per heavy atom. The number of nitrogens with zero attached hydrogens (tertiary/aromatic N) is 1. The van der Waals surface area contributed by atoms with Crippen LogP contribution in [-0.4, -0.2) is 41.1 Å². The van der Waals surface area contributed by atoms with Gasteiger partial charge in [-0.25, -0.2) is 0 Å². The third-order valence-electron chi connectivity index (χ3n) is 4.83. The molecule has 18 heavy (non-hydrogen) atoms. The van der Waals surface area contributed by atoms with Gasteiger partial charge in [-0.2, -0.15) is 0 Å². The molecule has 0 aromatic rings. The number of likely N-dealkylation sites (tertiary alicyclic amines) is 1. The molecule has 2 aliphatic rings. The van der Waals surface area contributed by atoms with E-state index in [9.17, 15) is 9.90 Å². The molecule has 2 rings (SSSR count). The van der Waals surface area contributed by atoms with Gasteiger partial charge in [0.15, 0.2) is 0 Å². The third kappa shape index (κ3) is 2.86. The van der Waals surface area contributed by atoms with Gasteiger partial charge in [0.1, 0.15) is 0 Å². The molecular formula is C14H26N2O2. The van der Waals surface area contributed by atoms with Crippen molar-refractivity contribution in [1.29, 1.82) is 0 Å². The van der Waals surface area contributed by atoms with Crippen molar-refractivity contribution in [2.75, 3.05) is 13.1 Å². The Morgan fingerprint density at radius 3 is 2.67 bits per heavy atom. The number of carbonyl (C=O) groups is 1. The minimum Gasteiger partial charge on any atom is -0.393 e. The van der Waals surface area contributed by atoms with E-state index >= 15 is 0 Å². The monoisotopic (exact) mass is 254 g/mol. The lowest BCUT2D eigenvalue weighted by molar-refractivity contribution is -0.136. The number of amides is 1. The van der Waals surface area contributed by atoms with Crippen molar-refractivity contribution in [1.82, 2.24) is 4.90 Å². The van der Waals surface area contributed by atoms with Crippen molar-refractivity contribution in [2.24, 2.45) is 23.5 Å². The van der Waals surface area contributed by atoms with E-state index < -0.39 is 0 Å². The molecule has 0 radical (unpaired) electrons. The Kier molecular flexibility index (Phi) is 4.28. The molecule has 0 spiro atoms. The van der Waals surface area contributed by atoms with Crippen LogP contribution >= 0.6 is 0 Å². The van der Waals surface area contributed by atoms with Crippen LogP contribution in [0.2, 0.25) is 0 Å². The molecule has 0 bridgehead atoms. The Hall–Kier alpha value is -0.610. The highest BCUT2D eigenvalue weighted by Crippen LogP contribution is 2.31. The van der Waals surface area contributed by atoms with Crippen LogP contribution in [0.5, 0.6) is 0 Å². The summed E-state index contributed by atoms with van der Waals surface area (Å²) >= 11 is 0. The number of hydrogen-bond donors (Lipinski definition) is 2. The molecule has 3 N–H and O–H groups in total. The summed E-state index contributed by atoms with van der Waals surface area (Å²) in [7, 11) is 0. The van der Waals surface area contributed by atoms with Gasteiger partial charge in [-0.15, -0.1) is 0 Å². The van der Waals surface area contributed by atoms with Crippen LogP contribution in [0.25, 0.3) is 0 Å². The Balaban J connectivity index is 1.89. The van der Waals surface area contributed by atoms with Crippen LogP contribution in [-0.2, 0) is 4.79 Å². The van der Waals surface area contributed by atoms with Gasteiger partial charge in [-0.3, -0.25) is 4.79 Å². The third-order valence-corrected chi connectivity index (χ3v) is 4.83. The summed E-state index contributed by atoms with van der Waals surface area (Å²) < 4.78 is 0. The molecule has 1 saturated carbocycles. The number of hydrogen-bond acceptors (Lipinski definition) is 3. The van der Waals surface area contributed by atoms with Crippen LogP contribution in [0.3, 0.4) is 0 Å². The molecular weight excluding hydrogens is 228 g/mol. The first-order valence-corrected chi connectivity index (χ1v) is 7.21. The minimum atomic E-state index is -0.309. The van der Waals surface area contributed by atoms with Crippen LogP contribution in [0.4, 0.5) is 0 Å². The number of aliphatic hydroxyl groups is 1. The summed E-state index contributed by atoms with van der Waals surface area (Å²) in [5, 5.41) is 9.58. The fraction of sp³-hybridized carbons (Fsp3) is 0.929. The standard InChI is InChI=1S/C14H26N2O2/c1-9-3-4-11(7-13(9)15)14(18)16-6-5-12(8-16)10(2)17/h9-13,17H,3-8,15H2,1-2H3. The van der Waals surface area contributed by atoms with E-state index in [4.69, 9.17) is 5.73 Å². The number of rotatable bonds is 2. The van der Waals surface area contributed by atoms with E-state index in [0.29, 0.717) is 5.92 Å². The van der Waals surface area contributed by atoms with Crippen molar-refractivity contribution < 1.29 is 9.90 Å². The first kappa shape index (κ1) is 13.8. The molecule has 1 saturated heterocycles. The van der Waals surface area contributed by atoms with Gasteiger partial charge >= 0.3 is 0 Å². The average Bonchev–Trinajstić information content (AvgIpc) is 2.81. The van der Waals surface area contributed by atoms with Gasteiger partial charge in [0.05, 0.1) is 6.10 Å². The maximum atomic E-state index is 12.4. The molecule has 0 aromatic heterocycles. The van der Waals surface area contributed by atoms with Gasteiger partial charge in [-0.1, -0.05) is 6.92 Å². The quantitative estimate of drug-likeness (QED) is 0.772. The summed E-state index contributed by atoms with van der Waals surface area (Å²) in [6.07, 6.45) is 3.49. The first-order valence-electron chi connectivity index (χ1n) is 7.21. The fourth-order valence-electron chi connectivity index (χ4n) is 3.22. The molecule has 5 unspecified atom stereocenters. The zero-order chi connectivity index (χ0) is 13.3. The van der Waals surface area contributed by atoms with E-state index in [1.807, 2.05) is 11.8 Å². The topological polar surface area (TPSA) is 66.6 Å². The predicted octanol–water partition coefficient (Wildman–Crippen LogP) is 0.979. The maximum absolute atomic E-state index is 12.4. The van der Waals surface area contributed by atoms with Crippen molar-refractivity contribution in [3.05, 3.63) is 0 Å². The molecule has 0 aromatic carbocycles. The lowest BCUT2D eigenvalue weighted by atomic mass is 9.79. The maximum Gasteiger partial charge on any atom is 0.225 e. The van der Waals surface area contributed by atoms with Gasteiger partial charge in [0, 0.05) is 31.0 Å². The van der Waals surface area contributed by atoms with E-state index in [2.05, 4.69) is 6.92 Å². The second-order valence-electron chi connectivity index (χ2n) is 6.22. The Bertz CT molecular complexity index is 306. The summed E-state index contributed by atoms with van der Waals surface area (Å²) in [4.78, 5) is 14.3. The molecule has 104 valence electrons. The van der Waals surface area contributed by atoms with Crippen LogP contribution < -0.4 is 5.73 Å². The van der Waals surface area contributed by atoms with Gasteiger partial charge in [-0.05, 0) is 38.5 Å². The highest BCUT2D eigenvalue weighted by atomic mass is 16.3. The van der Waals surface area contributed by atoms with Crippen molar-refractivity contribution in [2.45, 2.75) is 51.7 Å². The number of nitrogens with two attached hydrogens (primary N) is 1. The molecule has 1 aliphatic heterocycles. The van der Waals surface area contributed by atoms with Crippen LogP contribution in [0, 0.1) is 17.8 Å². The predicted molar refractivity (Wildman–Crippen MR) is 70.8 cm³/mol. The highest BCUT2D eigenvalue weighted by molar-refractivity contribution is 5.79. The number of carbonyl (C=O) groups excluding carboxylic acids is 1. The molecule has 5 atom stereocenters. The Labute approximate surface area is 110 Å². The van der Waals surface area contributed by atoms with Gasteiger partial charge in [0.25, 0.3) is 0 Å². The highest BCUT2D eigenvalue weighted by Gasteiger charge is 2.35. The number of aliphatic hydroxyl groups excluding tert-OH is 1. The molecule has 1 amide bonds. The minimum absolute atomic E-state index is 0.115. The largest absolute Gasteiger partial charge is 0.393 e. The molecule has 1 aliphatic carbocycles. The van der Waals surface area contributed by atoms with E-state index in [0.717, 1.165) is 38.8 Å². The summed E-state index contributed by atoms with van der Waals surface area (Å²) in [5.41, 5.74) is 6.07. The summed E-state index contributed by atoms with van der Waals surface area (Å²) in [5.74, 6) is 1.17. The molecule has 4 nitrogen and oxygen atoms in total. The van der Waals surface area contributed by atoms with E-state index in [1.54, 1.807) is 0 Å². The van der Waals surface area contributed by atoms with Crippen molar-refractivity contribution in [3.63, 3.8) is 0 Å². The zero-order valence-electron chi connectivity index (χ0n) is 11.5. The van der Waals surface area contributed by atoms with Gasteiger partial charge < -0.3 is 15.7 Å². The summed E-state index contributed by atoms with van der Waals surface area (Å²) in [6.45, 7) is 5.51. The van der Waals surface area contributed by atoms with Crippen molar-refractivity contribution >= 4 is 5.91 Å². The lowest BCUT2D eigenvalue weighted by Crippen LogP contribution is -2.42. The average molecular weight is 254 g/mol. The Morgan fingerprint density at radius 1 is 1.39 bits per heavy atom. The molecule has 1 heterocycles. The normalized spacial score (nSPS) is 38.8. The zero-order valence-corrected chi connectivity index (χ0v) is 11.5. The summed E-state index contributed by atoms with van der Waals surface area (Å²) in [6, 6.07) is 0.169. The molecule has 4 heteroatoms. The second-order valence-corrected chi connectivity index (χ2v) is 6.22. The smallest absolute Gasteiger partial charge is 0.225 e. The first-order chi connectivity index (χ1) is 8.49.